The first-order valence-electron chi connectivity index (χ1n) is 22.2. The standard InChI is InChI=1S/C34H61N4.C15H26N2.Li/c1-7-8-9-10-18-34(20-13-17-33(4)30-38-27-23-36(6)24-28-38)19-12-15-31(2)14-11-16-32(3)29-37-25-21-35(5)22-26-37;1-5-14(2)7-6-8-15(3)13-17-11-9-16(4)10-12-17;/h15-18H,2,7-14,19-30H2,1,3-6H3;5,8H,1-2,6-7,9-13H2,3-4H3;/q-1;;+1/b31-15-,32-16-,33-17-,34-18-;15-8-;. The van der Waals surface area contributed by atoms with E-state index in [2.05, 4.69) is 129 Å². The molecule has 3 saturated heterocycles. The molecule has 3 heterocycles. The first kappa shape index (κ1) is 52.4. The van der Waals surface area contributed by atoms with Crippen LogP contribution in [0.3, 0.4) is 0 Å². The fourth-order valence-electron chi connectivity index (χ4n) is 7.48. The van der Waals surface area contributed by atoms with Gasteiger partial charge in [-0.1, -0.05) is 104 Å². The van der Waals surface area contributed by atoms with Gasteiger partial charge in [0.1, 0.15) is 0 Å². The Morgan fingerprint density at radius 3 is 1.29 bits per heavy atom. The largest absolute Gasteiger partial charge is 1.00 e. The molecule has 0 bridgehead atoms. The number of nitrogens with zero attached hydrogens (tertiary/aromatic N) is 6. The first-order valence-corrected chi connectivity index (χ1v) is 22.2. The fourth-order valence-corrected chi connectivity index (χ4v) is 7.48. The van der Waals surface area contributed by atoms with Gasteiger partial charge in [-0.15, -0.1) is 0 Å². The summed E-state index contributed by atoms with van der Waals surface area (Å²) in [5.41, 5.74) is 8.62. The predicted octanol–water partition coefficient (Wildman–Crippen LogP) is 6.69. The Hall–Kier alpha value is -1.59. The van der Waals surface area contributed by atoms with Crippen LogP contribution < -0.4 is 18.9 Å². The molecule has 0 aromatic rings. The van der Waals surface area contributed by atoms with Crippen LogP contribution in [0.15, 0.2) is 83.1 Å². The van der Waals surface area contributed by atoms with Crippen LogP contribution in [0.5, 0.6) is 0 Å². The molecule has 0 amide bonds. The smallest absolute Gasteiger partial charge is 0.304 e. The molecule has 0 aromatic heterocycles. The van der Waals surface area contributed by atoms with Crippen molar-refractivity contribution in [3.05, 3.63) is 90.0 Å². The van der Waals surface area contributed by atoms with Gasteiger partial charge in [0.05, 0.1) is 0 Å². The van der Waals surface area contributed by atoms with E-state index in [1.165, 1.54) is 146 Å². The third kappa shape index (κ3) is 26.4. The Kier molecular flexibility index (Phi) is 30.2. The normalized spacial score (nSPS) is 19.7. The number of piperazine rings is 3. The van der Waals surface area contributed by atoms with Crippen molar-refractivity contribution in [1.29, 1.82) is 0 Å². The first-order chi connectivity index (χ1) is 26.5. The summed E-state index contributed by atoms with van der Waals surface area (Å²) in [6.07, 6.45) is 28.3. The minimum absolute atomic E-state index is 0. The number of unbranched alkanes of at least 4 members (excludes halogenated alkanes) is 3. The average Bonchev–Trinajstić information content (AvgIpc) is 3.16. The van der Waals surface area contributed by atoms with Crippen LogP contribution >= 0.6 is 0 Å². The Morgan fingerprint density at radius 2 is 0.893 bits per heavy atom. The molecule has 3 rings (SSSR count). The molecule has 0 atom stereocenters. The molecule has 56 heavy (non-hydrogen) atoms. The zero-order chi connectivity index (χ0) is 40.3. The minimum atomic E-state index is 0. The molecule has 0 radical (unpaired) electrons. The van der Waals surface area contributed by atoms with E-state index in [4.69, 9.17) is 0 Å². The van der Waals surface area contributed by atoms with Gasteiger partial charge < -0.3 is 14.7 Å². The molecule has 0 unspecified atom stereocenters. The van der Waals surface area contributed by atoms with Crippen molar-refractivity contribution in [2.45, 2.75) is 105 Å². The van der Waals surface area contributed by atoms with Crippen molar-refractivity contribution < 1.29 is 18.9 Å². The molecule has 3 aliphatic heterocycles. The Labute approximate surface area is 360 Å². The van der Waals surface area contributed by atoms with Gasteiger partial charge >= 0.3 is 18.9 Å². The molecule has 3 aliphatic rings. The van der Waals surface area contributed by atoms with E-state index in [1.54, 1.807) is 5.57 Å². The summed E-state index contributed by atoms with van der Waals surface area (Å²) in [7, 11) is 6.65. The van der Waals surface area contributed by atoms with Crippen molar-refractivity contribution >= 4 is 0 Å². The van der Waals surface area contributed by atoms with E-state index < -0.39 is 0 Å². The molecule has 0 aliphatic carbocycles. The number of likely N-dealkylation sites (N-methyl/N-ethyl adjacent to an activating group) is 3. The van der Waals surface area contributed by atoms with Crippen molar-refractivity contribution in [3.63, 3.8) is 0 Å². The molecule has 0 aromatic carbocycles. The Bertz CT molecular complexity index is 1210. The second-order valence-electron chi connectivity index (χ2n) is 17.1. The van der Waals surface area contributed by atoms with Gasteiger partial charge in [0.15, 0.2) is 0 Å². The van der Waals surface area contributed by atoms with E-state index in [0.717, 1.165) is 57.3 Å². The van der Waals surface area contributed by atoms with Gasteiger partial charge in [-0.25, -0.2) is 18.6 Å². The van der Waals surface area contributed by atoms with Gasteiger partial charge in [0.2, 0.25) is 0 Å². The van der Waals surface area contributed by atoms with Crippen LogP contribution in [-0.2, 0) is 0 Å². The van der Waals surface area contributed by atoms with E-state index >= 15 is 0 Å². The van der Waals surface area contributed by atoms with Gasteiger partial charge in [-0.3, -0.25) is 14.7 Å². The van der Waals surface area contributed by atoms with Crippen molar-refractivity contribution in [2.75, 3.05) is 119 Å². The zero-order valence-corrected chi connectivity index (χ0v) is 38.4. The van der Waals surface area contributed by atoms with Crippen LogP contribution in [0.1, 0.15) is 105 Å². The summed E-state index contributed by atoms with van der Waals surface area (Å²) in [6, 6.07) is 0. The number of hydrogen-bond donors (Lipinski definition) is 0. The molecule has 7 heteroatoms. The fraction of sp³-hybridized carbons (Fsp3) is 0.694. The maximum absolute atomic E-state index is 4.37. The Morgan fingerprint density at radius 1 is 0.518 bits per heavy atom. The van der Waals surface area contributed by atoms with Crippen LogP contribution in [0.2, 0.25) is 0 Å². The topological polar surface area (TPSA) is 19.4 Å². The van der Waals surface area contributed by atoms with E-state index in [-0.39, 0.29) is 18.9 Å². The number of hydrogen-bond acceptors (Lipinski definition) is 6. The molecular formula is C49H87LiN6. The monoisotopic (exact) mass is 767 g/mol. The van der Waals surface area contributed by atoms with Gasteiger partial charge in [-0.05, 0) is 93.3 Å². The Balaban J connectivity index is 0.000000729. The van der Waals surface area contributed by atoms with Crippen LogP contribution in [0, 0.1) is 6.92 Å². The average molecular weight is 767 g/mol. The summed E-state index contributed by atoms with van der Waals surface area (Å²) in [6.45, 7) is 38.9. The molecule has 6 nitrogen and oxygen atoms in total. The van der Waals surface area contributed by atoms with Gasteiger partial charge in [0.25, 0.3) is 0 Å². The maximum atomic E-state index is 4.37. The summed E-state index contributed by atoms with van der Waals surface area (Å²) >= 11 is 0. The molecule has 0 saturated carbocycles. The molecular weight excluding hydrogens is 680 g/mol. The number of allylic oxidation sites excluding steroid dienone is 9. The van der Waals surface area contributed by atoms with Crippen molar-refractivity contribution in [2.24, 2.45) is 0 Å². The van der Waals surface area contributed by atoms with E-state index in [9.17, 15) is 0 Å². The third-order valence-corrected chi connectivity index (χ3v) is 11.5. The second kappa shape index (κ2) is 32.3. The predicted molar refractivity (Wildman–Crippen MR) is 245 cm³/mol. The van der Waals surface area contributed by atoms with E-state index in [1.807, 2.05) is 6.08 Å². The summed E-state index contributed by atoms with van der Waals surface area (Å²) in [5.74, 6) is 0. The summed E-state index contributed by atoms with van der Waals surface area (Å²) < 4.78 is 0. The second-order valence-corrected chi connectivity index (χ2v) is 17.1. The van der Waals surface area contributed by atoms with Crippen molar-refractivity contribution in [3.8, 4) is 0 Å². The SMILES string of the molecule is C=CC(=C)CC/C=C(/C)CN1CCN(C)CC1.[CH2-]/C(=C/CC/C(=C/CCCCC)CC/C=C(/C)CN1CCN(C)CC1)CC/C=C(/C)CN1CCN(C)CC1.[Li+]. The van der Waals surface area contributed by atoms with Crippen molar-refractivity contribution in [1.82, 2.24) is 29.4 Å². The molecule has 0 spiro atoms. The van der Waals surface area contributed by atoms with Crippen LogP contribution in [-0.4, -0.2) is 149 Å². The van der Waals surface area contributed by atoms with Gasteiger partial charge in [0, 0.05) is 98.2 Å². The van der Waals surface area contributed by atoms with E-state index in [0.29, 0.717) is 0 Å². The third-order valence-electron chi connectivity index (χ3n) is 11.5. The molecule has 314 valence electrons. The van der Waals surface area contributed by atoms with Crippen LogP contribution in [0.4, 0.5) is 0 Å². The van der Waals surface area contributed by atoms with Gasteiger partial charge in [-0.2, -0.15) is 0 Å². The molecule has 0 N–H and O–H groups in total. The molecule has 3 fully saturated rings. The zero-order valence-electron chi connectivity index (χ0n) is 38.4. The van der Waals surface area contributed by atoms with Crippen LogP contribution in [0.25, 0.3) is 0 Å². The maximum Gasteiger partial charge on any atom is 1.00 e. The number of rotatable bonds is 23. The summed E-state index contributed by atoms with van der Waals surface area (Å²) in [5, 5.41) is 0. The quantitative estimate of drug-likeness (QED) is 0.0378. The summed E-state index contributed by atoms with van der Waals surface area (Å²) in [4.78, 5) is 15.0. The minimum Gasteiger partial charge on any atom is -0.304 e.